The minimum atomic E-state index is 0.688. The minimum Gasteiger partial charge on any atom is -0.397 e. The molecule has 0 aliphatic heterocycles. The van der Waals surface area contributed by atoms with Gasteiger partial charge in [0, 0.05) is 21.7 Å². The van der Waals surface area contributed by atoms with Crippen molar-refractivity contribution in [3.8, 4) is 0 Å². The van der Waals surface area contributed by atoms with E-state index in [1.54, 1.807) is 6.20 Å². The molecule has 0 radical (unpaired) electrons. The van der Waals surface area contributed by atoms with Crippen LogP contribution in [0.2, 0.25) is 0 Å². The molecule has 0 atom stereocenters. The average molecular weight is 314 g/mol. The van der Waals surface area contributed by atoms with Crippen LogP contribution in [0.3, 0.4) is 0 Å². The first-order valence-corrected chi connectivity index (χ1v) is 6.70. The molecule has 0 saturated heterocycles. The van der Waals surface area contributed by atoms with Gasteiger partial charge in [-0.05, 0) is 40.2 Å². The van der Waals surface area contributed by atoms with Gasteiger partial charge in [0.1, 0.15) is 0 Å². The van der Waals surface area contributed by atoms with Crippen LogP contribution in [-0.2, 0) is 0 Å². The molecule has 1 heterocycles. The van der Waals surface area contributed by atoms with Crippen LogP contribution < -0.4 is 11.1 Å². The Labute approximate surface area is 119 Å². The van der Waals surface area contributed by atoms with Crippen molar-refractivity contribution in [1.82, 2.24) is 4.98 Å². The number of pyridine rings is 1. The number of nitrogens with zero attached hydrogens (tertiary/aromatic N) is 1. The molecule has 4 heteroatoms. The molecule has 3 N–H and O–H groups in total. The zero-order valence-corrected chi connectivity index (χ0v) is 11.7. The van der Waals surface area contributed by atoms with E-state index in [2.05, 4.69) is 26.2 Å². The fourth-order valence-corrected chi connectivity index (χ4v) is 2.40. The van der Waals surface area contributed by atoms with Crippen molar-refractivity contribution in [3.63, 3.8) is 0 Å². The van der Waals surface area contributed by atoms with E-state index in [0.29, 0.717) is 5.69 Å². The number of hydrogen-bond acceptors (Lipinski definition) is 3. The highest BCUT2D eigenvalue weighted by atomic mass is 79.9. The summed E-state index contributed by atoms with van der Waals surface area (Å²) in [5.74, 6) is 0. The van der Waals surface area contributed by atoms with Crippen molar-refractivity contribution in [2.75, 3.05) is 11.1 Å². The third kappa shape index (κ3) is 2.27. The second-order valence-electron chi connectivity index (χ2n) is 4.21. The molecule has 19 heavy (non-hydrogen) atoms. The summed E-state index contributed by atoms with van der Waals surface area (Å²) in [6, 6.07) is 15.7. The van der Waals surface area contributed by atoms with Crippen LogP contribution in [0.25, 0.3) is 10.9 Å². The Balaban J connectivity index is 2.12. The lowest BCUT2D eigenvalue weighted by molar-refractivity contribution is 1.40. The highest BCUT2D eigenvalue weighted by Crippen LogP contribution is 2.30. The van der Waals surface area contributed by atoms with E-state index in [9.17, 15) is 0 Å². The highest BCUT2D eigenvalue weighted by Gasteiger charge is 2.05. The maximum atomic E-state index is 5.95. The second kappa shape index (κ2) is 4.90. The van der Waals surface area contributed by atoms with Gasteiger partial charge in [0.15, 0.2) is 0 Å². The normalized spacial score (nSPS) is 10.6. The number of para-hydroxylation sites is 2. The average Bonchev–Trinajstić information content (AvgIpc) is 2.42. The molecule has 0 bridgehead atoms. The fourth-order valence-electron chi connectivity index (χ4n) is 2.02. The standard InChI is InChI=1S/C15H12BrN3/c16-11-5-1-2-7-14(11)19-13-8-9-18-15-10(13)4-3-6-12(15)17/h1-9H,17H2,(H,18,19). The van der Waals surface area contributed by atoms with Gasteiger partial charge in [0.25, 0.3) is 0 Å². The molecule has 2 aromatic carbocycles. The third-order valence-electron chi connectivity index (χ3n) is 2.95. The van der Waals surface area contributed by atoms with E-state index in [4.69, 9.17) is 5.73 Å². The molecular formula is C15H12BrN3. The molecule has 3 aromatic rings. The van der Waals surface area contributed by atoms with E-state index in [1.807, 2.05) is 48.5 Å². The molecule has 1 aromatic heterocycles. The fraction of sp³-hybridized carbons (Fsp3) is 0. The molecule has 0 saturated carbocycles. The number of fused-ring (bicyclic) bond motifs is 1. The van der Waals surface area contributed by atoms with Crippen LogP contribution in [0.5, 0.6) is 0 Å². The van der Waals surface area contributed by atoms with Gasteiger partial charge in [0.05, 0.1) is 16.9 Å². The minimum absolute atomic E-state index is 0.688. The molecular weight excluding hydrogens is 302 g/mol. The summed E-state index contributed by atoms with van der Waals surface area (Å²) in [5, 5.41) is 4.41. The smallest absolute Gasteiger partial charge is 0.0951 e. The van der Waals surface area contributed by atoms with Gasteiger partial charge in [-0.1, -0.05) is 24.3 Å². The van der Waals surface area contributed by atoms with E-state index in [0.717, 1.165) is 26.8 Å². The van der Waals surface area contributed by atoms with Crippen molar-refractivity contribution in [1.29, 1.82) is 0 Å². The van der Waals surface area contributed by atoms with Crippen molar-refractivity contribution in [2.24, 2.45) is 0 Å². The van der Waals surface area contributed by atoms with E-state index in [-0.39, 0.29) is 0 Å². The first-order valence-electron chi connectivity index (χ1n) is 5.90. The van der Waals surface area contributed by atoms with Crippen molar-refractivity contribution >= 4 is 43.9 Å². The Bertz CT molecular complexity index is 740. The lowest BCUT2D eigenvalue weighted by atomic mass is 10.1. The zero-order chi connectivity index (χ0) is 13.2. The quantitative estimate of drug-likeness (QED) is 0.693. The first-order chi connectivity index (χ1) is 9.25. The Morgan fingerprint density at radius 3 is 2.63 bits per heavy atom. The highest BCUT2D eigenvalue weighted by molar-refractivity contribution is 9.10. The van der Waals surface area contributed by atoms with Gasteiger partial charge in [-0.2, -0.15) is 0 Å². The Morgan fingerprint density at radius 1 is 0.947 bits per heavy atom. The number of anilines is 3. The lowest BCUT2D eigenvalue weighted by Crippen LogP contribution is -1.95. The van der Waals surface area contributed by atoms with Crippen molar-refractivity contribution < 1.29 is 0 Å². The molecule has 0 amide bonds. The summed E-state index contributed by atoms with van der Waals surface area (Å²) in [6.07, 6.45) is 1.76. The molecule has 3 nitrogen and oxygen atoms in total. The number of nitrogens with one attached hydrogen (secondary N) is 1. The summed E-state index contributed by atoms with van der Waals surface area (Å²) in [4.78, 5) is 4.33. The summed E-state index contributed by atoms with van der Waals surface area (Å²) in [5.41, 5.74) is 9.46. The topological polar surface area (TPSA) is 50.9 Å². The predicted molar refractivity (Wildman–Crippen MR) is 83.6 cm³/mol. The van der Waals surface area contributed by atoms with E-state index in [1.165, 1.54) is 0 Å². The summed E-state index contributed by atoms with van der Waals surface area (Å²) in [6.45, 7) is 0. The van der Waals surface area contributed by atoms with Gasteiger partial charge in [-0.3, -0.25) is 4.98 Å². The summed E-state index contributed by atoms with van der Waals surface area (Å²) < 4.78 is 1.02. The number of rotatable bonds is 2. The number of nitrogens with two attached hydrogens (primary N) is 1. The molecule has 3 rings (SSSR count). The number of benzene rings is 2. The van der Waals surface area contributed by atoms with Crippen LogP contribution in [0.15, 0.2) is 59.2 Å². The van der Waals surface area contributed by atoms with Gasteiger partial charge >= 0.3 is 0 Å². The van der Waals surface area contributed by atoms with Gasteiger partial charge < -0.3 is 11.1 Å². The maximum absolute atomic E-state index is 5.95. The Hall–Kier alpha value is -2.07. The largest absolute Gasteiger partial charge is 0.397 e. The predicted octanol–water partition coefficient (Wildman–Crippen LogP) is 4.32. The van der Waals surface area contributed by atoms with Crippen LogP contribution in [-0.4, -0.2) is 4.98 Å². The third-order valence-corrected chi connectivity index (χ3v) is 3.64. The maximum Gasteiger partial charge on any atom is 0.0951 e. The second-order valence-corrected chi connectivity index (χ2v) is 5.06. The summed E-state index contributed by atoms with van der Waals surface area (Å²) in [7, 11) is 0. The number of nitrogen functional groups attached to an aromatic ring is 1. The molecule has 0 unspecified atom stereocenters. The van der Waals surface area contributed by atoms with E-state index >= 15 is 0 Å². The molecule has 0 fully saturated rings. The molecule has 94 valence electrons. The van der Waals surface area contributed by atoms with Crippen LogP contribution in [0, 0.1) is 0 Å². The Kier molecular flexibility index (Phi) is 3.09. The molecule has 0 aliphatic rings. The van der Waals surface area contributed by atoms with Crippen molar-refractivity contribution in [2.45, 2.75) is 0 Å². The number of aromatic nitrogens is 1. The molecule has 0 spiro atoms. The zero-order valence-electron chi connectivity index (χ0n) is 10.1. The molecule has 0 aliphatic carbocycles. The van der Waals surface area contributed by atoms with Crippen LogP contribution in [0.4, 0.5) is 17.1 Å². The lowest BCUT2D eigenvalue weighted by Gasteiger charge is -2.11. The van der Waals surface area contributed by atoms with Crippen molar-refractivity contribution in [3.05, 3.63) is 59.2 Å². The number of halogens is 1. The SMILES string of the molecule is Nc1cccc2c(Nc3ccccc3Br)ccnc12. The monoisotopic (exact) mass is 313 g/mol. The van der Waals surface area contributed by atoms with Gasteiger partial charge in [0.2, 0.25) is 0 Å². The van der Waals surface area contributed by atoms with Gasteiger partial charge in [-0.15, -0.1) is 0 Å². The van der Waals surface area contributed by atoms with E-state index < -0.39 is 0 Å². The van der Waals surface area contributed by atoms with Crippen LogP contribution >= 0.6 is 15.9 Å². The first kappa shape index (κ1) is 12.0. The van der Waals surface area contributed by atoms with Crippen LogP contribution in [0.1, 0.15) is 0 Å². The Morgan fingerprint density at radius 2 is 1.79 bits per heavy atom. The number of hydrogen-bond donors (Lipinski definition) is 2. The van der Waals surface area contributed by atoms with Gasteiger partial charge in [-0.25, -0.2) is 0 Å². The summed E-state index contributed by atoms with van der Waals surface area (Å²) >= 11 is 3.53.